The van der Waals surface area contributed by atoms with E-state index in [0.29, 0.717) is 26.1 Å². The van der Waals surface area contributed by atoms with Crippen molar-refractivity contribution in [2.75, 3.05) is 26.7 Å². The third kappa shape index (κ3) is 3.42. The van der Waals surface area contributed by atoms with Gasteiger partial charge in [0.25, 0.3) is 0 Å². The highest BCUT2D eigenvalue weighted by Gasteiger charge is 2.34. The molecule has 20 heavy (non-hydrogen) atoms. The Morgan fingerprint density at radius 3 is 2.60 bits per heavy atom. The molecular formula is C14H24N2O4. The molecule has 6 heteroatoms. The second kappa shape index (κ2) is 6.92. The zero-order chi connectivity index (χ0) is 14.5. The van der Waals surface area contributed by atoms with Crippen molar-refractivity contribution in [3.63, 3.8) is 0 Å². The summed E-state index contributed by atoms with van der Waals surface area (Å²) in [6.07, 6.45) is 5.26. The lowest BCUT2D eigenvalue weighted by Gasteiger charge is -2.37. The van der Waals surface area contributed by atoms with Gasteiger partial charge in [0.15, 0.2) is 0 Å². The van der Waals surface area contributed by atoms with E-state index in [1.165, 1.54) is 0 Å². The summed E-state index contributed by atoms with van der Waals surface area (Å²) in [6, 6.07) is -0.811. The average molecular weight is 284 g/mol. The van der Waals surface area contributed by atoms with Crippen LogP contribution in [0.4, 0.5) is 4.79 Å². The standard InChI is InChI=1S/C14H24N2O4/c1-20-11-6-5-8-15(10-11)14(19)16-9-4-2-3-7-12(16)13(17)18/h11-12H,2-10H2,1H3,(H,17,18). The van der Waals surface area contributed by atoms with E-state index >= 15 is 0 Å². The molecule has 2 fully saturated rings. The molecule has 0 saturated carbocycles. The molecule has 2 unspecified atom stereocenters. The number of methoxy groups -OCH3 is 1. The number of carboxylic acid groups (broad SMARTS) is 1. The highest BCUT2D eigenvalue weighted by Crippen LogP contribution is 2.21. The lowest BCUT2D eigenvalue weighted by molar-refractivity contribution is -0.142. The molecule has 0 aromatic rings. The number of ether oxygens (including phenoxy) is 1. The highest BCUT2D eigenvalue weighted by molar-refractivity contribution is 5.82. The van der Waals surface area contributed by atoms with Crippen LogP contribution in [0.3, 0.4) is 0 Å². The number of likely N-dealkylation sites (tertiary alicyclic amines) is 2. The van der Waals surface area contributed by atoms with Crippen molar-refractivity contribution in [1.29, 1.82) is 0 Å². The Bertz CT molecular complexity index is 361. The number of carbonyl (C=O) groups is 2. The summed E-state index contributed by atoms with van der Waals surface area (Å²) in [5.74, 6) is -0.888. The molecule has 6 nitrogen and oxygen atoms in total. The van der Waals surface area contributed by atoms with E-state index in [2.05, 4.69) is 0 Å². The predicted molar refractivity (Wildman–Crippen MR) is 73.6 cm³/mol. The molecule has 2 rings (SSSR count). The monoisotopic (exact) mass is 284 g/mol. The summed E-state index contributed by atoms with van der Waals surface area (Å²) in [4.78, 5) is 27.3. The van der Waals surface area contributed by atoms with Crippen molar-refractivity contribution < 1.29 is 19.4 Å². The summed E-state index contributed by atoms with van der Waals surface area (Å²) in [7, 11) is 1.66. The molecule has 2 saturated heterocycles. The third-order valence-corrected chi connectivity index (χ3v) is 4.27. The lowest BCUT2D eigenvalue weighted by Crippen LogP contribution is -2.54. The minimum atomic E-state index is -0.888. The first-order valence-corrected chi connectivity index (χ1v) is 7.44. The second-order valence-corrected chi connectivity index (χ2v) is 5.63. The number of urea groups is 1. The Kier molecular flexibility index (Phi) is 5.23. The molecule has 1 N–H and O–H groups in total. The SMILES string of the molecule is COC1CCCN(C(=O)N2CCCCCC2C(=O)O)C1. The summed E-state index contributed by atoms with van der Waals surface area (Å²) >= 11 is 0. The number of rotatable bonds is 2. The van der Waals surface area contributed by atoms with Gasteiger partial charge in [-0.3, -0.25) is 0 Å². The van der Waals surface area contributed by atoms with Gasteiger partial charge in [-0.1, -0.05) is 12.8 Å². The smallest absolute Gasteiger partial charge is 0.326 e. The van der Waals surface area contributed by atoms with Crippen molar-refractivity contribution in [2.24, 2.45) is 0 Å². The molecule has 2 heterocycles. The molecule has 0 radical (unpaired) electrons. The van der Waals surface area contributed by atoms with E-state index in [1.807, 2.05) is 0 Å². The molecule has 2 atom stereocenters. The first kappa shape index (κ1) is 15.1. The topological polar surface area (TPSA) is 70.1 Å². The molecule has 0 aromatic carbocycles. The number of amides is 2. The Morgan fingerprint density at radius 2 is 1.90 bits per heavy atom. The molecule has 114 valence electrons. The van der Waals surface area contributed by atoms with Gasteiger partial charge in [-0.25, -0.2) is 9.59 Å². The zero-order valence-electron chi connectivity index (χ0n) is 12.1. The van der Waals surface area contributed by atoms with Crippen LogP contribution in [0.2, 0.25) is 0 Å². The van der Waals surface area contributed by atoms with Crippen molar-refractivity contribution in [3.05, 3.63) is 0 Å². The van der Waals surface area contributed by atoms with Gasteiger partial charge >= 0.3 is 12.0 Å². The highest BCUT2D eigenvalue weighted by atomic mass is 16.5. The summed E-state index contributed by atoms with van der Waals surface area (Å²) in [6.45, 7) is 1.81. The van der Waals surface area contributed by atoms with Crippen LogP contribution in [0.15, 0.2) is 0 Å². The number of nitrogens with zero attached hydrogens (tertiary/aromatic N) is 2. The number of piperidine rings is 1. The number of hydrogen-bond acceptors (Lipinski definition) is 3. The number of carbonyl (C=O) groups excluding carboxylic acids is 1. The first-order chi connectivity index (χ1) is 9.63. The van der Waals surface area contributed by atoms with Gasteiger partial charge in [0.05, 0.1) is 6.10 Å². The van der Waals surface area contributed by atoms with E-state index in [-0.39, 0.29) is 12.1 Å². The molecule has 2 aliphatic rings. The van der Waals surface area contributed by atoms with Gasteiger partial charge in [0.1, 0.15) is 6.04 Å². The molecule has 0 aliphatic carbocycles. The van der Waals surface area contributed by atoms with Gasteiger partial charge in [-0.05, 0) is 25.7 Å². The number of aliphatic carboxylic acids is 1. The quantitative estimate of drug-likeness (QED) is 0.835. The summed E-state index contributed by atoms with van der Waals surface area (Å²) < 4.78 is 5.33. The Labute approximate surface area is 119 Å². The fourth-order valence-corrected chi connectivity index (χ4v) is 3.08. The number of hydrogen-bond donors (Lipinski definition) is 1. The third-order valence-electron chi connectivity index (χ3n) is 4.27. The van der Waals surface area contributed by atoms with E-state index in [4.69, 9.17) is 4.74 Å². The lowest BCUT2D eigenvalue weighted by atomic mass is 10.1. The van der Waals surface area contributed by atoms with Gasteiger partial charge in [-0.15, -0.1) is 0 Å². The molecule has 0 aromatic heterocycles. The Balaban J connectivity index is 2.06. The maximum atomic E-state index is 12.6. The van der Waals surface area contributed by atoms with E-state index < -0.39 is 12.0 Å². The normalized spacial score (nSPS) is 28.1. The van der Waals surface area contributed by atoms with E-state index in [1.54, 1.807) is 16.9 Å². The minimum absolute atomic E-state index is 0.0722. The average Bonchev–Trinajstić information content (AvgIpc) is 2.72. The molecule has 2 amide bonds. The van der Waals surface area contributed by atoms with Crippen LogP contribution in [0.1, 0.15) is 38.5 Å². The van der Waals surface area contributed by atoms with Crippen LogP contribution in [0, 0.1) is 0 Å². The summed E-state index contributed by atoms with van der Waals surface area (Å²) in [5.41, 5.74) is 0. The van der Waals surface area contributed by atoms with Crippen molar-refractivity contribution in [2.45, 2.75) is 50.7 Å². The first-order valence-electron chi connectivity index (χ1n) is 7.44. The van der Waals surface area contributed by atoms with Crippen LogP contribution < -0.4 is 0 Å². The van der Waals surface area contributed by atoms with Gasteiger partial charge in [0, 0.05) is 26.7 Å². The van der Waals surface area contributed by atoms with Crippen LogP contribution in [-0.4, -0.2) is 65.8 Å². The van der Waals surface area contributed by atoms with E-state index in [9.17, 15) is 14.7 Å². The van der Waals surface area contributed by atoms with E-state index in [0.717, 1.165) is 32.1 Å². The predicted octanol–water partition coefficient (Wildman–Crippen LogP) is 1.55. The molecule has 0 spiro atoms. The maximum absolute atomic E-state index is 12.6. The largest absolute Gasteiger partial charge is 0.480 e. The van der Waals surface area contributed by atoms with Gasteiger partial charge in [0.2, 0.25) is 0 Å². The molecule has 0 bridgehead atoms. The van der Waals surface area contributed by atoms with Crippen LogP contribution in [-0.2, 0) is 9.53 Å². The fourth-order valence-electron chi connectivity index (χ4n) is 3.08. The molecule has 2 aliphatic heterocycles. The van der Waals surface area contributed by atoms with Crippen LogP contribution in [0.25, 0.3) is 0 Å². The van der Waals surface area contributed by atoms with Crippen LogP contribution >= 0.6 is 0 Å². The summed E-state index contributed by atoms with van der Waals surface area (Å²) in [5, 5.41) is 9.34. The Morgan fingerprint density at radius 1 is 1.10 bits per heavy atom. The van der Waals surface area contributed by atoms with Gasteiger partial charge in [-0.2, -0.15) is 0 Å². The zero-order valence-corrected chi connectivity index (χ0v) is 12.1. The van der Waals surface area contributed by atoms with Crippen molar-refractivity contribution >= 4 is 12.0 Å². The minimum Gasteiger partial charge on any atom is -0.480 e. The van der Waals surface area contributed by atoms with Crippen LogP contribution in [0.5, 0.6) is 0 Å². The maximum Gasteiger partial charge on any atom is 0.326 e. The van der Waals surface area contributed by atoms with Gasteiger partial charge < -0.3 is 19.6 Å². The molecular weight excluding hydrogens is 260 g/mol. The number of carboxylic acids is 1. The second-order valence-electron chi connectivity index (χ2n) is 5.63. The fraction of sp³-hybridized carbons (Fsp3) is 0.857. The van der Waals surface area contributed by atoms with Crippen molar-refractivity contribution in [3.8, 4) is 0 Å². The van der Waals surface area contributed by atoms with Crippen molar-refractivity contribution in [1.82, 2.24) is 9.80 Å². The Hall–Kier alpha value is -1.30.